The molecule has 3 N–H and O–H groups in total. The maximum Gasteiger partial charge on any atom is 0.321 e. The van der Waals surface area contributed by atoms with E-state index in [0.29, 0.717) is 14.9 Å². The van der Waals surface area contributed by atoms with E-state index in [1.165, 1.54) is 17.4 Å². The largest absolute Gasteiger partial charge is 0.481 e. The number of rotatable bonds is 7. The number of nitrogens with one attached hydrogen (secondary N) is 2. The van der Waals surface area contributed by atoms with Gasteiger partial charge in [-0.3, -0.25) is 14.9 Å². The Kier molecular flexibility index (Phi) is 6.89. The summed E-state index contributed by atoms with van der Waals surface area (Å²) in [5.41, 5.74) is 0.647. The van der Waals surface area contributed by atoms with E-state index in [4.69, 9.17) is 5.11 Å². The summed E-state index contributed by atoms with van der Waals surface area (Å²) in [6.45, 7) is 5.44. The van der Waals surface area contributed by atoms with Crippen LogP contribution in [0.1, 0.15) is 10.6 Å². The lowest BCUT2D eigenvalue weighted by molar-refractivity contribution is -0.136. The van der Waals surface area contributed by atoms with Gasteiger partial charge in [0, 0.05) is 11.4 Å². The molecule has 0 bridgehead atoms. The highest BCUT2D eigenvalue weighted by molar-refractivity contribution is 8.01. The molecule has 1 aromatic rings. The van der Waals surface area contributed by atoms with Crippen LogP contribution in [0, 0.1) is 6.92 Å². The Morgan fingerprint density at radius 2 is 2.19 bits per heavy atom. The van der Waals surface area contributed by atoms with Crippen LogP contribution >= 0.6 is 23.1 Å². The summed E-state index contributed by atoms with van der Waals surface area (Å²) in [7, 11) is 0. The van der Waals surface area contributed by atoms with Crippen molar-refractivity contribution in [1.82, 2.24) is 15.6 Å². The Morgan fingerprint density at radius 1 is 1.48 bits per heavy atom. The summed E-state index contributed by atoms with van der Waals surface area (Å²) >= 11 is 2.40. The molecule has 0 fully saturated rings. The van der Waals surface area contributed by atoms with E-state index in [9.17, 15) is 14.4 Å². The van der Waals surface area contributed by atoms with Crippen LogP contribution in [0.4, 0.5) is 4.79 Å². The molecule has 0 aromatic carbocycles. The van der Waals surface area contributed by atoms with Gasteiger partial charge in [-0.2, -0.15) is 0 Å². The van der Waals surface area contributed by atoms with Crippen molar-refractivity contribution in [3.63, 3.8) is 0 Å². The molecule has 7 nitrogen and oxygen atoms in total. The number of thiazole rings is 1. The number of hydrogen-bond donors (Lipinski definition) is 3. The topological polar surface area (TPSA) is 108 Å². The van der Waals surface area contributed by atoms with Crippen molar-refractivity contribution in [1.29, 1.82) is 0 Å². The molecule has 0 spiro atoms. The second-order valence-corrected chi connectivity index (χ2v) is 6.20. The average Bonchev–Trinajstić information content (AvgIpc) is 2.74. The van der Waals surface area contributed by atoms with Crippen molar-refractivity contribution < 1.29 is 19.5 Å². The number of carbonyl (C=O) groups is 3. The monoisotopic (exact) mass is 329 g/mol. The van der Waals surface area contributed by atoms with Gasteiger partial charge in [-0.1, -0.05) is 17.8 Å². The third-order valence-electron chi connectivity index (χ3n) is 2.17. The molecule has 1 aromatic heterocycles. The molecule has 114 valence electrons. The Balaban J connectivity index is 2.44. The van der Waals surface area contributed by atoms with Crippen molar-refractivity contribution in [3.8, 4) is 0 Å². The minimum absolute atomic E-state index is 0.0287. The van der Waals surface area contributed by atoms with Gasteiger partial charge in [0.15, 0.2) is 4.34 Å². The minimum Gasteiger partial charge on any atom is -0.481 e. The third-order valence-corrected chi connectivity index (χ3v) is 4.47. The average molecular weight is 329 g/mol. The number of imide groups is 1. The zero-order valence-corrected chi connectivity index (χ0v) is 13.0. The van der Waals surface area contributed by atoms with Crippen molar-refractivity contribution in [2.75, 3.05) is 12.3 Å². The summed E-state index contributed by atoms with van der Waals surface area (Å²) in [4.78, 5) is 38.3. The molecule has 0 saturated heterocycles. The summed E-state index contributed by atoms with van der Waals surface area (Å²) < 4.78 is 0.602. The SMILES string of the molecule is C=CCNC(=O)NC(=O)CSc1nc(C)c(CC(=O)O)s1. The van der Waals surface area contributed by atoms with Crippen LogP contribution in [-0.2, 0) is 16.0 Å². The zero-order chi connectivity index (χ0) is 15.8. The number of aliphatic carboxylic acids is 1. The highest BCUT2D eigenvalue weighted by Crippen LogP contribution is 2.27. The van der Waals surface area contributed by atoms with Crippen molar-refractivity contribution in [2.24, 2.45) is 0 Å². The van der Waals surface area contributed by atoms with Gasteiger partial charge in [-0.25, -0.2) is 9.78 Å². The fourth-order valence-electron chi connectivity index (χ4n) is 1.26. The van der Waals surface area contributed by atoms with Gasteiger partial charge in [0.25, 0.3) is 0 Å². The number of carbonyl (C=O) groups excluding carboxylic acids is 2. The standard InChI is InChI=1S/C12H15N3O4S2/c1-3-4-13-11(19)15-9(16)6-20-12-14-7(2)8(21-12)5-10(17)18/h3H,1,4-6H2,2H3,(H,17,18)(H2,13,15,16,19). The molecule has 0 atom stereocenters. The quantitative estimate of drug-likeness (QED) is 0.512. The lowest BCUT2D eigenvalue weighted by Gasteiger charge is -2.03. The summed E-state index contributed by atoms with van der Waals surface area (Å²) in [6, 6.07) is -0.581. The molecule has 0 unspecified atom stereocenters. The number of thioether (sulfide) groups is 1. The molecule has 1 heterocycles. The normalized spacial score (nSPS) is 9.95. The Bertz CT molecular complexity index is 557. The Morgan fingerprint density at radius 3 is 2.81 bits per heavy atom. The van der Waals surface area contributed by atoms with E-state index < -0.39 is 17.9 Å². The molecule has 9 heteroatoms. The van der Waals surface area contributed by atoms with Gasteiger partial charge in [0.1, 0.15) is 0 Å². The highest BCUT2D eigenvalue weighted by Gasteiger charge is 2.13. The van der Waals surface area contributed by atoms with E-state index in [-0.39, 0.29) is 18.7 Å². The number of carboxylic acid groups (broad SMARTS) is 1. The van der Waals surface area contributed by atoms with Crippen LogP contribution < -0.4 is 10.6 Å². The third kappa shape index (κ3) is 6.41. The number of carboxylic acids is 1. The molecule has 21 heavy (non-hydrogen) atoms. The van der Waals surface area contributed by atoms with Crippen LogP contribution in [0.15, 0.2) is 17.0 Å². The summed E-state index contributed by atoms with van der Waals surface area (Å²) in [5, 5.41) is 13.3. The molecule has 0 saturated carbocycles. The van der Waals surface area contributed by atoms with E-state index in [2.05, 4.69) is 22.2 Å². The van der Waals surface area contributed by atoms with E-state index in [0.717, 1.165) is 11.8 Å². The number of amides is 3. The van der Waals surface area contributed by atoms with Crippen LogP contribution in [0.5, 0.6) is 0 Å². The minimum atomic E-state index is -0.921. The van der Waals surface area contributed by atoms with Crippen molar-refractivity contribution in [2.45, 2.75) is 17.7 Å². The van der Waals surface area contributed by atoms with Gasteiger partial charge in [-0.15, -0.1) is 17.9 Å². The zero-order valence-electron chi connectivity index (χ0n) is 11.3. The number of aromatic nitrogens is 1. The van der Waals surface area contributed by atoms with Gasteiger partial charge < -0.3 is 10.4 Å². The molecule has 0 aliphatic carbocycles. The first kappa shape index (κ1) is 17.2. The van der Waals surface area contributed by atoms with Gasteiger partial charge in [0.05, 0.1) is 17.9 Å². The Labute approximate surface area is 129 Å². The smallest absolute Gasteiger partial charge is 0.321 e. The van der Waals surface area contributed by atoms with E-state index >= 15 is 0 Å². The second-order valence-electron chi connectivity index (χ2n) is 3.89. The molecular weight excluding hydrogens is 314 g/mol. The number of nitrogens with zero attached hydrogens (tertiary/aromatic N) is 1. The van der Waals surface area contributed by atoms with Gasteiger partial charge in [-0.05, 0) is 6.92 Å². The molecule has 0 aliphatic rings. The van der Waals surface area contributed by atoms with Crippen molar-refractivity contribution in [3.05, 3.63) is 23.2 Å². The second kappa shape index (κ2) is 8.42. The molecule has 0 radical (unpaired) electrons. The lowest BCUT2D eigenvalue weighted by Crippen LogP contribution is -2.40. The van der Waals surface area contributed by atoms with Crippen LogP contribution in [0.3, 0.4) is 0 Å². The van der Waals surface area contributed by atoms with Crippen LogP contribution in [0.25, 0.3) is 0 Å². The molecule has 1 rings (SSSR count). The molecule has 0 aliphatic heterocycles. The first-order valence-electron chi connectivity index (χ1n) is 5.91. The first-order valence-corrected chi connectivity index (χ1v) is 7.72. The highest BCUT2D eigenvalue weighted by atomic mass is 32.2. The predicted octanol–water partition coefficient (Wildman–Crippen LogP) is 1.18. The maximum absolute atomic E-state index is 11.5. The Hall–Kier alpha value is -1.87. The first-order chi connectivity index (χ1) is 9.92. The van der Waals surface area contributed by atoms with E-state index in [1.54, 1.807) is 6.92 Å². The predicted molar refractivity (Wildman–Crippen MR) is 80.7 cm³/mol. The van der Waals surface area contributed by atoms with Crippen LogP contribution in [-0.4, -0.2) is 40.3 Å². The maximum atomic E-state index is 11.5. The number of hydrogen-bond acceptors (Lipinski definition) is 6. The molecule has 3 amide bonds. The fraction of sp³-hybridized carbons (Fsp3) is 0.333. The van der Waals surface area contributed by atoms with Gasteiger partial charge in [0.2, 0.25) is 5.91 Å². The summed E-state index contributed by atoms with van der Waals surface area (Å²) in [5.74, 6) is -1.34. The van der Waals surface area contributed by atoms with Crippen LogP contribution in [0.2, 0.25) is 0 Å². The van der Waals surface area contributed by atoms with Gasteiger partial charge >= 0.3 is 12.0 Å². The molecular formula is C12H15N3O4S2. The van der Waals surface area contributed by atoms with Crippen molar-refractivity contribution >= 4 is 41.0 Å². The number of aryl methyl sites for hydroxylation is 1. The lowest BCUT2D eigenvalue weighted by atomic mass is 10.3. The summed E-state index contributed by atoms with van der Waals surface area (Å²) in [6.07, 6.45) is 1.42. The number of urea groups is 1. The fourth-order valence-corrected chi connectivity index (χ4v) is 3.29. The van der Waals surface area contributed by atoms with E-state index in [1.807, 2.05) is 0 Å².